The lowest BCUT2D eigenvalue weighted by Gasteiger charge is -2.15. The number of carbonyl (C=O) groups is 2. The fraction of sp³-hybridized carbons (Fsp3) is 0.429. The van der Waals surface area contributed by atoms with Gasteiger partial charge in [0.25, 0.3) is 5.91 Å². The number of hydrogen-bond acceptors (Lipinski definition) is 2. The summed E-state index contributed by atoms with van der Waals surface area (Å²) < 4.78 is 37.4. The highest BCUT2D eigenvalue weighted by molar-refractivity contribution is 6.04. The molecule has 1 aliphatic heterocycles. The number of amides is 3. The third-order valence-corrected chi connectivity index (χ3v) is 3.34. The van der Waals surface area contributed by atoms with Crippen LogP contribution in [0.15, 0.2) is 24.3 Å². The highest BCUT2D eigenvalue weighted by atomic mass is 19.4. The first kappa shape index (κ1) is 15.3. The fourth-order valence-electron chi connectivity index (χ4n) is 2.12. The van der Waals surface area contributed by atoms with Crippen LogP contribution < -0.4 is 5.32 Å². The van der Waals surface area contributed by atoms with Crippen LogP contribution in [0.1, 0.15) is 25.0 Å². The molecule has 7 heteroatoms. The summed E-state index contributed by atoms with van der Waals surface area (Å²) in [5.41, 5.74) is -0.292. The molecule has 0 bridgehead atoms. The van der Waals surface area contributed by atoms with Gasteiger partial charge in [0.05, 0.1) is 12.1 Å². The second kappa shape index (κ2) is 5.38. The van der Waals surface area contributed by atoms with Crippen molar-refractivity contribution in [3.05, 3.63) is 35.4 Å². The van der Waals surface area contributed by atoms with E-state index in [0.717, 1.165) is 17.0 Å². The van der Waals surface area contributed by atoms with Crippen LogP contribution in [0.4, 0.5) is 18.0 Å². The Bertz CT molecular complexity index is 552. The molecule has 1 saturated heterocycles. The lowest BCUT2D eigenvalue weighted by molar-refractivity contribution is -0.137. The molecule has 3 amide bonds. The van der Waals surface area contributed by atoms with Crippen LogP contribution in [0.25, 0.3) is 0 Å². The van der Waals surface area contributed by atoms with Crippen LogP contribution in [0.3, 0.4) is 0 Å². The zero-order valence-electron chi connectivity index (χ0n) is 11.6. The predicted octanol–water partition coefficient (Wildman–Crippen LogP) is 2.78. The van der Waals surface area contributed by atoms with Crippen LogP contribution in [0.2, 0.25) is 0 Å². The molecule has 2 rings (SSSR count). The Balaban J connectivity index is 2.12. The van der Waals surface area contributed by atoms with Crippen molar-refractivity contribution in [1.82, 2.24) is 10.2 Å². The topological polar surface area (TPSA) is 49.4 Å². The van der Waals surface area contributed by atoms with E-state index in [9.17, 15) is 22.8 Å². The number of nitrogens with zero attached hydrogens (tertiary/aromatic N) is 1. The Morgan fingerprint density at radius 1 is 1.19 bits per heavy atom. The van der Waals surface area contributed by atoms with Crippen LogP contribution in [0.5, 0.6) is 0 Å². The molecule has 1 aromatic carbocycles. The highest BCUT2D eigenvalue weighted by Crippen LogP contribution is 2.29. The summed E-state index contributed by atoms with van der Waals surface area (Å²) in [4.78, 5) is 24.8. The van der Waals surface area contributed by atoms with E-state index in [-0.39, 0.29) is 18.4 Å². The van der Waals surface area contributed by atoms with Crippen molar-refractivity contribution in [2.24, 2.45) is 5.92 Å². The molecule has 1 aromatic rings. The molecule has 1 atom stereocenters. The molecule has 0 aromatic heterocycles. The van der Waals surface area contributed by atoms with Crippen LogP contribution in [-0.2, 0) is 17.5 Å². The van der Waals surface area contributed by atoms with Gasteiger partial charge in [0.2, 0.25) is 0 Å². The minimum Gasteiger partial charge on any atom is -0.326 e. The van der Waals surface area contributed by atoms with Crippen molar-refractivity contribution >= 4 is 11.9 Å². The molecule has 1 N–H and O–H groups in total. The van der Waals surface area contributed by atoms with Crippen molar-refractivity contribution in [3.63, 3.8) is 0 Å². The minimum atomic E-state index is -4.40. The van der Waals surface area contributed by atoms with E-state index in [1.54, 1.807) is 0 Å². The van der Waals surface area contributed by atoms with Gasteiger partial charge in [0.1, 0.15) is 6.04 Å². The molecule has 0 radical (unpaired) electrons. The van der Waals surface area contributed by atoms with Gasteiger partial charge in [-0.3, -0.25) is 9.69 Å². The number of carbonyl (C=O) groups excluding carboxylic acids is 2. The number of halogens is 3. The van der Waals surface area contributed by atoms with Gasteiger partial charge < -0.3 is 5.32 Å². The summed E-state index contributed by atoms with van der Waals surface area (Å²) in [5.74, 6) is -0.394. The zero-order valence-corrected chi connectivity index (χ0v) is 11.6. The largest absolute Gasteiger partial charge is 0.416 e. The van der Waals surface area contributed by atoms with Crippen molar-refractivity contribution < 1.29 is 22.8 Å². The second-order valence-electron chi connectivity index (χ2n) is 5.29. The number of benzene rings is 1. The summed E-state index contributed by atoms with van der Waals surface area (Å²) in [7, 11) is 0. The van der Waals surface area contributed by atoms with E-state index in [0.29, 0.717) is 5.56 Å². The van der Waals surface area contributed by atoms with Gasteiger partial charge in [-0.05, 0) is 23.6 Å². The van der Waals surface area contributed by atoms with Gasteiger partial charge in [0.15, 0.2) is 0 Å². The zero-order chi connectivity index (χ0) is 15.8. The second-order valence-corrected chi connectivity index (χ2v) is 5.29. The summed E-state index contributed by atoms with van der Waals surface area (Å²) in [5, 5.41) is 2.57. The third-order valence-electron chi connectivity index (χ3n) is 3.34. The predicted molar refractivity (Wildman–Crippen MR) is 69.2 cm³/mol. The first-order valence-corrected chi connectivity index (χ1v) is 6.48. The van der Waals surface area contributed by atoms with Crippen molar-refractivity contribution in [2.45, 2.75) is 32.6 Å². The first-order chi connectivity index (χ1) is 9.70. The maximum atomic E-state index is 12.5. The molecular weight excluding hydrogens is 285 g/mol. The van der Waals surface area contributed by atoms with E-state index >= 15 is 0 Å². The smallest absolute Gasteiger partial charge is 0.326 e. The number of imide groups is 1. The number of hydrogen-bond donors (Lipinski definition) is 1. The standard InChI is InChI=1S/C14H15F3N2O2/c1-8(2)11-12(20)19(13(21)18-11)7-9-3-5-10(6-4-9)14(15,16)17/h3-6,8,11H,7H2,1-2H3,(H,18,21). The Labute approximate surface area is 119 Å². The fourth-order valence-corrected chi connectivity index (χ4v) is 2.12. The van der Waals surface area contributed by atoms with Crippen molar-refractivity contribution in [2.75, 3.05) is 0 Å². The number of alkyl halides is 3. The van der Waals surface area contributed by atoms with Gasteiger partial charge in [-0.1, -0.05) is 26.0 Å². The Morgan fingerprint density at radius 2 is 1.76 bits per heavy atom. The van der Waals surface area contributed by atoms with E-state index in [1.807, 2.05) is 13.8 Å². The van der Waals surface area contributed by atoms with Crippen molar-refractivity contribution in [3.8, 4) is 0 Å². The van der Waals surface area contributed by atoms with E-state index < -0.39 is 23.8 Å². The molecule has 1 unspecified atom stereocenters. The average Bonchev–Trinajstić information content (AvgIpc) is 2.66. The Kier molecular flexibility index (Phi) is 3.93. The number of urea groups is 1. The van der Waals surface area contributed by atoms with Gasteiger partial charge in [-0.2, -0.15) is 13.2 Å². The minimum absolute atomic E-state index is 0.0357. The van der Waals surface area contributed by atoms with Gasteiger partial charge in [-0.15, -0.1) is 0 Å². The van der Waals surface area contributed by atoms with Crippen LogP contribution in [-0.4, -0.2) is 22.9 Å². The van der Waals surface area contributed by atoms with E-state index in [1.165, 1.54) is 12.1 Å². The monoisotopic (exact) mass is 300 g/mol. The first-order valence-electron chi connectivity index (χ1n) is 6.48. The van der Waals surface area contributed by atoms with Crippen LogP contribution in [0, 0.1) is 5.92 Å². The van der Waals surface area contributed by atoms with Gasteiger partial charge in [0, 0.05) is 0 Å². The molecule has 1 fully saturated rings. The summed E-state index contributed by atoms with van der Waals surface area (Å²) in [6, 6.07) is 3.32. The molecule has 0 aliphatic carbocycles. The lowest BCUT2D eigenvalue weighted by atomic mass is 10.0. The third kappa shape index (κ3) is 3.17. The normalized spacial score (nSPS) is 19.3. The average molecular weight is 300 g/mol. The Hall–Kier alpha value is -2.05. The Morgan fingerprint density at radius 3 is 2.19 bits per heavy atom. The van der Waals surface area contributed by atoms with Crippen molar-refractivity contribution in [1.29, 1.82) is 0 Å². The summed E-state index contributed by atoms with van der Waals surface area (Å²) in [6.45, 7) is 3.58. The maximum absolute atomic E-state index is 12.5. The lowest BCUT2D eigenvalue weighted by Crippen LogP contribution is -2.34. The van der Waals surface area contributed by atoms with Gasteiger partial charge >= 0.3 is 12.2 Å². The van der Waals surface area contributed by atoms with E-state index in [4.69, 9.17) is 0 Å². The summed E-state index contributed by atoms with van der Waals surface area (Å²) in [6.07, 6.45) is -4.40. The van der Waals surface area contributed by atoms with E-state index in [2.05, 4.69) is 5.32 Å². The van der Waals surface area contributed by atoms with Gasteiger partial charge in [-0.25, -0.2) is 4.79 Å². The molecule has 1 aliphatic rings. The molecule has 4 nitrogen and oxygen atoms in total. The number of nitrogens with one attached hydrogen (secondary N) is 1. The number of rotatable bonds is 3. The summed E-state index contributed by atoms with van der Waals surface area (Å²) >= 11 is 0. The SMILES string of the molecule is CC(C)C1NC(=O)N(Cc2ccc(C(F)(F)F)cc2)C1=O. The van der Waals surface area contributed by atoms with Crippen LogP contribution >= 0.6 is 0 Å². The highest BCUT2D eigenvalue weighted by Gasteiger charge is 2.39. The molecular formula is C14H15F3N2O2. The quantitative estimate of drug-likeness (QED) is 0.873. The molecule has 0 spiro atoms. The molecule has 114 valence electrons. The molecule has 1 heterocycles. The molecule has 21 heavy (non-hydrogen) atoms. The maximum Gasteiger partial charge on any atom is 0.416 e. The molecule has 0 saturated carbocycles.